The van der Waals surface area contributed by atoms with Crippen LogP contribution >= 0.6 is 11.3 Å². The molecule has 0 radical (unpaired) electrons. The Morgan fingerprint density at radius 3 is 2.81 bits per heavy atom. The smallest absolute Gasteiger partial charge is 0.165 e. The van der Waals surface area contributed by atoms with Gasteiger partial charge in [-0.2, -0.15) is 0 Å². The first-order valence-electron chi connectivity index (χ1n) is 9.34. The first-order valence-corrected chi connectivity index (χ1v) is 10.2. The number of phenols is 1. The van der Waals surface area contributed by atoms with Gasteiger partial charge in [0.15, 0.2) is 11.5 Å². The summed E-state index contributed by atoms with van der Waals surface area (Å²) in [6.45, 7) is 7.11. The average Bonchev–Trinajstić information content (AvgIpc) is 2.99. The van der Waals surface area contributed by atoms with Crippen LogP contribution in [-0.2, 0) is 19.5 Å². The molecule has 1 aromatic carbocycles. The number of rotatable bonds is 4. The molecule has 0 saturated heterocycles. The molecule has 3 aromatic rings. The molecule has 0 bridgehead atoms. The molecule has 0 fully saturated rings. The van der Waals surface area contributed by atoms with Gasteiger partial charge in [-0.15, -0.1) is 11.3 Å². The van der Waals surface area contributed by atoms with E-state index in [0.29, 0.717) is 12.4 Å². The molecule has 0 spiro atoms. The molecule has 0 amide bonds. The number of hydrogen-bond acceptors (Lipinski definition) is 5. The molecule has 1 aliphatic rings. The Labute approximate surface area is 164 Å². The Bertz CT molecular complexity index is 934. The van der Waals surface area contributed by atoms with E-state index in [2.05, 4.69) is 54.1 Å². The standard InChI is InChI=1S/C22H24N2O2S/c1-3-16-5-6-19(23-12-16)14-24-8-9-26-22-18(13-24)10-17(11-20(22)25)21-7-4-15(2)27-21/h4-7,10-12,25H,3,8-9,13-14H2,1-2H3. The fourth-order valence-electron chi connectivity index (χ4n) is 3.41. The number of pyridine rings is 1. The summed E-state index contributed by atoms with van der Waals surface area (Å²) < 4.78 is 5.87. The summed E-state index contributed by atoms with van der Waals surface area (Å²) in [4.78, 5) is 9.34. The molecule has 0 unspecified atom stereocenters. The van der Waals surface area contributed by atoms with Gasteiger partial charge in [0.2, 0.25) is 0 Å². The highest BCUT2D eigenvalue weighted by molar-refractivity contribution is 7.15. The zero-order chi connectivity index (χ0) is 18.8. The molecule has 2 aromatic heterocycles. The van der Waals surface area contributed by atoms with E-state index in [1.54, 1.807) is 11.3 Å². The van der Waals surface area contributed by atoms with Gasteiger partial charge in [-0.3, -0.25) is 9.88 Å². The zero-order valence-corrected chi connectivity index (χ0v) is 16.6. The summed E-state index contributed by atoms with van der Waals surface area (Å²) in [5, 5.41) is 10.5. The summed E-state index contributed by atoms with van der Waals surface area (Å²) >= 11 is 1.74. The molecule has 0 saturated carbocycles. The van der Waals surface area contributed by atoms with Crippen molar-refractivity contribution in [1.82, 2.24) is 9.88 Å². The number of ether oxygens (including phenoxy) is 1. The molecular weight excluding hydrogens is 356 g/mol. The van der Waals surface area contributed by atoms with Gasteiger partial charge in [0.1, 0.15) is 6.61 Å². The second kappa shape index (κ2) is 7.71. The van der Waals surface area contributed by atoms with Crippen molar-refractivity contribution in [2.45, 2.75) is 33.4 Å². The largest absolute Gasteiger partial charge is 0.504 e. The van der Waals surface area contributed by atoms with Gasteiger partial charge in [-0.1, -0.05) is 13.0 Å². The Balaban J connectivity index is 1.59. The maximum atomic E-state index is 10.5. The van der Waals surface area contributed by atoms with Crippen LogP contribution in [0.3, 0.4) is 0 Å². The molecule has 140 valence electrons. The van der Waals surface area contributed by atoms with Crippen LogP contribution < -0.4 is 4.74 Å². The quantitative estimate of drug-likeness (QED) is 0.707. The summed E-state index contributed by atoms with van der Waals surface area (Å²) in [5.74, 6) is 0.838. The van der Waals surface area contributed by atoms with Crippen LogP contribution in [0.4, 0.5) is 0 Å². The fourth-order valence-corrected chi connectivity index (χ4v) is 4.26. The van der Waals surface area contributed by atoms with Crippen molar-refractivity contribution in [2.75, 3.05) is 13.2 Å². The first-order chi connectivity index (χ1) is 13.1. The number of aromatic nitrogens is 1. The van der Waals surface area contributed by atoms with E-state index in [9.17, 15) is 5.11 Å². The zero-order valence-electron chi connectivity index (χ0n) is 15.7. The molecule has 0 aliphatic carbocycles. The van der Waals surface area contributed by atoms with Crippen molar-refractivity contribution in [3.8, 4) is 21.9 Å². The van der Waals surface area contributed by atoms with Gasteiger partial charge < -0.3 is 9.84 Å². The Hall–Kier alpha value is -2.37. The summed E-state index contributed by atoms with van der Waals surface area (Å²) in [6.07, 6.45) is 2.96. The van der Waals surface area contributed by atoms with E-state index < -0.39 is 0 Å². The van der Waals surface area contributed by atoms with Crippen molar-refractivity contribution >= 4 is 11.3 Å². The maximum absolute atomic E-state index is 10.5. The number of aromatic hydroxyl groups is 1. The van der Waals surface area contributed by atoms with Crippen LogP contribution in [0.25, 0.3) is 10.4 Å². The minimum Gasteiger partial charge on any atom is -0.504 e. The molecule has 5 heteroatoms. The number of benzene rings is 1. The second-order valence-electron chi connectivity index (χ2n) is 6.96. The maximum Gasteiger partial charge on any atom is 0.165 e. The lowest BCUT2D eigenvalue weighted by molar-refractivity contribution is 0.215. The van der Waals surface area contributed by atoms with Crippen molar-refractivity contribution in [2.24, 2.45) is 0 Å². The van der Waals surface area contributed by atoms with E-state index in [0.717, 1.165) is 42.9 Å². The lowest BCUT2D eigenvalue weighted by atomic mass is 10.1. The summed E-state index contributed by atoms with van der Waals surface area (Å²) in [5.41, 5.74) is 4.38. The molecule has 0 atom stereocenters. The van der Waals surface area contributed by atoms with Gasteiger partial charge in [-0.25, -0.2) is 0 Å². The van der Waals surface area contributed by atoms with E-state index >= 15 is 0 Å². The topological polar surface area (TPSA) is 45.6 Å². The normalized spacial score (nSPS) is 14.4. The monoisotopic (exact) mass is 380 g/mol. The molecule has 1 N–H and O–H groups in total. The van der Waals surface area contributed by atoms with Gasteiger partial charge in [0.25, 0.3) is 0 Å². The van der Waals surface area contributed by atoms with E-state index in [-0.39, 0.29) is 5.75 Å². The lowest BCUT2D eigenvalue weighted by Gasteiger charge is -2.19. The Morgan fingerprint density at radius 2 is 2.11 bits per heavy atom. The van der Waals surface area contributed by atoms with Crippen LogP contribution in [-0.4, -0.2) is 28.1 Å². The highest BCUT2D eigenvalue weighted by Crippen LogP contribution is 2.39. The van der Waals surface area contributed by atoms with Crippen molar-refractivity contribution in [3.05, 3.63) is 64.3 Å². The molecular formula is C22H24N2O2S. The van der Waals surface area contributed by atoms with Crippen LogP contribution in [0.1, 0.15) is 28.6 Å². The van der Waals surface area contributed by atoms with E-state index in [4.69, 9.17) is 4.74 Å². The highest BCUT2D eigenvalue weighted by Gasteiger charge is 2.20. The third kappa shape index (κ3) is 3.99. The van der Waals surface area contributed by atoms with Crippen molar-refractivity contribution in [3.63, 3.8) is 0 Å². The third-order valence-electron chi connectivity index (χ3n) is 4.90. The van der Waals surface area contributed by atoms with E-state index in [1.807, 2.05) is 12.3 Å². The number of thiophene rings is 1. The van der Waals surface area contributed by atoms with Crippen molar-refractivity contribution < 1.29 is 9.84 Å². The van der Waals surface area contributed by atoms with Crippen molar-refractivity contribution in [1.29, 1.82) is 0 Å². The predicted molar refractivity (Wildman–Crippen MR) is 109 cm³/mol. The first kappa shape index (κ1) is 18.0. The lowest BCUT2D eigenvalue weighted by Crippen LogP contribution is -2.25. The third-order valence-corrected chi connectivity index (χ3v) is 5.95. The Morgan fingerprint density at radius 1 is 1.22 bits per heavy atom. The predicted octanol–water partition coefficient (Wildman–Crippen LogP) is 4.78. The van der Waals surface area contributed by atoms with Gasteiger partial charge >= 0.3 is 0 Å². The minimum absolute atomic E-state index is 0.223. The molecule has 3 heterocycles. The summed E-state index contributed by atoms with van der Waals surface area (Å²) in [7, 11) is 0. The molecule has 4 rings (SSSR count). The molecule has 4 nitrogen and oxygen atoms in total. The number of fused-ring (bicyclic) bond motifs is 1. The van der Waals surface area contributed by atoms with Crippen LogP contribution in [0.5, 0.6) is 11.5 Å². The molecule has 27 heavy (non-hydrogen) atoms. The fraction of sp³-hybridized carbons (Fsp3) is 0.318. The summed E-state index contributed by atoms with van der Waals surface area (Å²) in [6, 6.07) is 12.4. The van der Waals surface area contributed by atoms with Gasteiger partial charge in [0.05, 0.1) is 5.69 Å². The number of nitrogens with zero attached hydrogens (tertiary/aromatic N) is 2. The molecule has 1 aliphatic heterocycles. The van der Waals surface area contributed by atoms with E-state index in [1.165, 1.54) is 15.3 Å². The highest BCUT2D eigenvalue weighted by atomic mass is 32.1. The van der Waals surface area contributed by atoms with Gasteiger partial charge in [0, 0.05) is 41.1 Å². The average molecular weight is 381 g/mol. The van der Waals surface area contributed by atoms with Crippen LogP contribution in [0, 0.1) is 6.92 Å². The SMILES string of the molecule is CCc1ccc(CN2CCOc3c(O)cc(-c4ccc(C)s4)cc3C2)nc1. The van der Waals surface area contributed by atoms with Gasteiger partial charge in [-0.05, 0) is 54.8 Å². The van der Waals surface area contributed by atoms with Crippen LogP contribution in [0.15, 0.2) is 42.6 Å². The number of aryl methyl sites for hydroxylation is 2. The number of hydrogen-bond donors (Lipinski definition) is 1. The Kier molecular flexibility index (Phi) is 5.14. The number of phenolic OH excluding ortho intramolecular Hbond substituents is 1. The minimum atomic E-state index is 0.223. The van der Waals surface area contributed by atoms with Crippen LogP contribution in [0.2, 0.25) is 0 Å². The second-order valence-corrected chi connectivity index (χ2v) is 8.25.